The zero-order valence-corrected chi connectivity index (χ0v) is 15.9. The van der Waals surface area contributed by atoms with Crippen molar-refractivity contribution in [3.8, 4) is 5.69 Å². The maximum atomic E-state index is 11.4. The Kier molecular flexibility index (Phi) is 4.08. The Morgan fingerprint density at radius 1 is 1.17 bits per heavy atom. The molecule has 146 valence electrons. The van der Waals surface area contributed by atoms with Crippen LogP contribution < -0.4 is 11.1 Å². The number of aromatic nitrogens is 6. The third-order valence-corrected chi connectivity index (χ3v) is 5.42. The zero-order chi connectivity index (χ0) is 20.0. The van der Waals surface area contributed by atoms with Crippen LogP contribution in [0.4, 0.5) is 5.95 Å². The van der Waals surface area contributed by atoms with Crippen LogP contribution in [0, 0.1) is 12.8 Å². The minimum Gasteiger partial charge on any atom is -0.369 e. The van der Waals surface area contributed by atoms with E-state index in [-0.39, 0.29) is 17.9 Å². The summed E-state index contributed by atoms with van der Waals surface area (Å²) in [6, 6.07) is 10.1. The molecule has 3 N–H and O–H groups in total. The number of pyridine rings is 1. The van der Waals surface area contributed by atoms with Crippen LogP contribution in [-0.2, 0) is 4.79 Å². The molecule has 2 atom stereocenters. The van der Waals surface area contributed by atoms with Crippen LogP contribution in [0.1, 0.15) is 25.0 Å². The van der Waals surface area contributed by atoms with Gasteiger partial charge in [0.2, 0.25) is 11.9 Å². The van der Waals surface area contributed by atoms with E-state index < -0.39 is 0 Å². The standard InChI is InChI=1S/C20H20N8O/c1-11-2-3-12-9-15(6-7-16(12)23-11)28-19-17(26-27-28)10-22-20(25-19)24-14-5-4-13(8-14)18(21)29/h2-3,6-7,9-10,13-14H,4-5,8H2,1H3,(H2,21,29)(H,22,24,25)/t13-,14-/m1/s1. The number of nitrogens with zero attached hydrogens (tertiary/aromatic N) is 6. The average Bonchev–Trinajstić information content (AvgIpc) is 3.34. The monoisotopic (exact) mass is 388 g/mol. The molecule has 1 aliphatic carbocycles. The van der Waals surface area contributed by atoms with Gasteiger partial charge in [-0.25, -0.2) is 4.98 Å². The first-order valence-electron chi connectivity index (χ1n) is 9.59. The van der Waals surface area contributed by atoms with E-state index in [4.69, 9.17) is 5.73 Å². The van der Waals surface area contributed by atoms with E-state index in [1.807, 2.05) is 37.3 Å². The number of amides is 1. The Bertz CT molecular complexity index is 1230. The molecule has 3 heterocycles. The molecule has 9 heteroatoms. The van der Waals surface area contributed by atoms with E-state index in [2.05, 4.69) is 30.6 Å². The highest BCUT2D eigenvalue weighted by atomic mass is 16.1. The van der Waals surface area contributed by atoms with Crippen molar-refractivity contribution in [3.63, 3.8) is 0 Å². The summed E-state index contributed by atoms with van der Waals surface area (Å²) < 4.78 is 1.70. The van der Waals surface area contributed by atoms with Crippen molar-refractivity contribution in [2.75, 3.05) is 5.32 Å². The normalized spacial score (nSPS) is 19.1. The second-order valence-corrected chi connectivity index (χ2v) is 7.49. The number of hydrogen-bond acceptors (Lipinski definition) is 7. The van der Waals surface area contributed by atoms with Gasteiger partial charge in [-0.3, -0.25) is 9.78 Å². The van der Waals surface area contributed by atoms with Crippen LogP contribution in [0.3, 0.4) is 0 Å². The molecule has 0 unspecified atom stereocenters. The van der Waals surface area contributed by atoms with Crippen molar-refractivity contribution in [2.24, 2.45) is 11.7 Å². The van der Waals surface area contributed by atoms with Gasteiger partial charge >= 0.3 is 0 Å². The first kappa shape index (κ1) is 17.5. The molecule has 1 aromatic carbocycles. The van der Waals surface area contributed by atoms with Crippen molar-refractivity contribution >= 4 is 33.9 Å². The van der Waals surface area contributed by atoms with Crippen LogP contribution in [0.25, 0.3) is 27.8 Å². The molecule has 4 aromatic rings. The predicted octanol–water partition coefficient (Wildman–Crippen LogP) is 2.13. The SMILES string of the molecule is Cc1ccc2cc(-n3nnc4cnc(N[C@@H]5CC[C@@H](C(N)=O)C5)nc43)ccc2n1. The maximum Gasteiger partial charge on any atom is 0.225 e. The van der Waals surface area contributed by atoms with Crippen LogP contribution in [0.2, 0.25) is 0 Å². The van der Waals surface area contributed by atoms with E-state index in [0.29, 0.717) is 23.5 Å². The fourth-order valence-corrected chi connectivity index (χ4v) is 3.87. The van der Waals surface area contributed by atoms with E-state index >= 15 is 0 Å². The molecule has 0 spiro atoms. The molecule has 1 saturated carbocycles. The van der Waals surface area contributed by atoms with Gasteiger partial charge in [0.15, 0.2) is 11.2 Å². The summed E-state index contributed by atoms with van der Waals surface area (Å²) in [5.74, 6) is 0.168. The Balaban J connectivity index is 1.47. The highest BCUT2D eigenvalue weighted by molar-refractivity contribution is 5.82. The van der Waals surface area contributed by atoms with Gasteiger partial charge in [0.05, 0.1) is 17.4 Å². The lowest BCUT2D eigenvalue weighted by Crippen LogP contribution is -2.23. The Hall–Kier alpha value is -3.62. The second-order valence-electron chi connectivity index (χ2n) is 7.49. The van der Waals surface area contributed by atoms with Crippen LogP contribution >= 0.6 is 0 Å². The average molecular weight is 388 g/mol. The minimum absolute atomic E-state index is 0.0849. The van der Waals surface area contributed by atoms with Crippen molar-refractivity contribution < 1.29 is 4.79 Å². The molecule has 1 aliphatic rings. The van der Waals surface area contributed by atoms with Crippen LogP contribution in [-0.4, -0.2) is 41.9 Å². The van der Waals surface area contributed by atoms with Gasteiger partial charge in [0, 0.05) is 23.0 Å². The summed E-state index contributed by atoms with van der Waals surface area (Å²) in [7, 11) is 0. The number of hydrogen-bond donors (Lipinski definition) is 2. The molecule has 0 saturated heterocycles. The quantitative estimate of drug-likeness (QED) is 0.549. The first-order valence-corrected chi connectivity index (χ1v) is 9.59. The number of fused-ring (bicyclic) bond motifs is 2. The number of benzene rings is 1. The van der Waals surface area contributed by atoms with Gasteiger partial charge in [-0.05, 0) is 50.5 Å². The van der Waals surface area contributed by atoms with Crippen molar-refractivity contribution in [2.45, 2.75) is 32.2 Å². The highest BCUT2D eigenvalue weighted by Crippen LogP contribution is 2.27. The van der Waals surface area contributed by atoms with Crippen molar-refractivity contribution in [3.05, 3.63) is 42.2 Å². The van der Waals surface area contributed by atoms with Crippen LogP contribution in [0.15, 0.2) is 36.5 Å². The number of carbonyl (C=O) groups excluding carboxylic acids is 1. The Morgan fingerprint density at radius 3 is 2.90 bits per heavy atom. The van der Waals surface area contributed by atoms with Gasteiger partial charge in [-0.2, -0.15) is 9.67 Å². The summed E-state index contributed by atoms with van der Waals surface area (Å²) in [6.07, 6.45) is 4.01. The summed E-state index contributed by atoms with van der Waals surface area (Å²) in [5, 5.41) is 12.8. The highest BCUT2D eigenvalue weighted by Gasteiger charge is 2.28. The molecule has 0 aliphatic heterocycles. The van der Waals surface area contributed by atoms with Crippen molar-refractivity contribution in [1.82, 2.24) is 29.9 Å². The first-order chi connectivity index (χ1) is 14.1. The minimum atomic E-state index is -0.242. The molecule has 9 nitrogen and oxygen atoms in total. The Morgan fingerprint density at radius 2 is 2.07 bits per heavy atom. The van der Waals surface area contributed by atoms with E-state index in [0.717, 1.165) is 35.1 Å². The van der Waals surface area contributed by atoms with Crippen LogP contribution in [0.5, 0.6) is 0 Å². The van der Waals surface area contributed by atoms with Gasteiger partial charge in [-0.15, -0.1) is 5.10 Å². The fraction of sp³-hybridized carbons (Fsp3) is 0.300. The summed E-state index contributed by atoms with van der Waals surface area (Å²) in [6.45, 7) is 1.97. The lowest BCUT2D eigenvalue weighted by molar-refractivity contribution is -0.121. The topological polar surface area (TPSA) is 124 Å². The molecular formula is C20H20N8O. The van der Waals surface area contributed by atoms with E-state index in [1.54, 1.807) is 10.9 Å². The van der Waals surface area contributed by atoms with Crippen molar-refractivity contribution in [1.29, 1.82) is 0 Å². The summed E-state index contributed by atoms with van der Waals surface area (Å²) in [5.41, 5.74) is 9.41. The van der Waals surface area contributed by atoms with E-state index in [1.165, 1.54) is 0 Å². The largest absolute Gasteiger partial charge is 0.369 e. The number of aryl methyl sites for hydroxylation is 1. The molecule has 3 aromatic heterocycles. The molecule has 1 fully saturated rings. The smallest absolute Gasteiger partial charge is 0.225 e. The third kappa shape index (κ3) is 3.24. The summed E-state index contributed by atoms with van der Waals surface area (Å²) >= 11 is 0. The Labute approximate surface area is 166 Å². The maximum absolute atomic E-state index is 11.4. The number of nitrogens with one attached hydrogen (secondary N) is 1. The number of nitrogens with two attached hydrogens (primary N) is 1. The second kappa shape index (κ2) is 6.77. The molecule has 0 radical (unpaired) electrons. The predicted molar refractivity (Wildman–Crippen MR) is 108 cm³/mol. The number of primary amides is 1. The molecule has 0 bridgehead atoms. The molecule has 1 amide bonds. The third-order valence-electron chi connectivity index (χ3n) is 5.42. The number of anilines is 1. The van der Waals surface area contributed by atoms with E-state index in [9.17, 15) is 4.79 Å². The molecule has 5 rings (SSSR count). The molecule has 29 heavy (non-hydrogen) atoms. The summed E-state index contributed by atoms with van der Waals surface area (Å²) in [4.78, 5) is 24.9. The van der Waals surface area contributed by atoms with Gasteiger partial charge in [0.25, 0.3) is 0 Å². The van der Waals surface area contributed by atoms with Gasteiger partial charge in [0.1, 0.15) is 0 Å². The number of rotatable bonds is 4. The number of carbonyl (C=O) groups is 1. The lowest BCUT2D eigenvalue weighted by Gasteiger charge is -2.12. The fourth-order valence-electron chi connectivity index (χ4n) is 3.87. The van der Waals surface area contributed by atoms with Gasteiger partial charge < -0.3 is 11.1 Å². The zero-order valence-electron chi connectivity index (χ0n) is 15.9. The van der Waals surface area contributed by atoms with Gasteiger partial charge in [-0.1, -0.05) is 11.3 Å². The lowest BCUT2D eigenvalue weighted by atomic mass is 10.1. The molecular weight excluding hydrogens is 368 g/mol.